The number of aromatic nitrogens is 6. The number of imidazole rings is 1. The third kappa shape index (κ3) is 5.35. The summed E-state index contributed by atoms with van der Waals surface area (Å²) < 4.78 is 4.62. The zero-order chi connectivity index (χ0) is 39.6. The SMILES string of the molecule is c1ccc(-c2ccc(-c3nc(-c4ccccc4)c4c5ccccc5c5c6c(ccc5n34)c3ccccc3n6-c3nc(-c4ccccc4)nc(-c4ccccc4)n3)cc2)cc1. The van der Waals surface area contributed by atoms with Crippen molar-refractivity contribution in [2.75, 3.05) is 0 Å². The lowest BCUT2D eigenvalue weighted by Crippen LogP contribution is -2.07. The Morgan fingerprint density at radius 1 is 0.300 bits per heavy atom. The smallest absolute Gasteiger partial charge is 0.238 e. The molecule has 12 rings (SSSR count). The van der Waals surface area contributed by atoms with Crippen LogP contribution in [-0.4, -0.2) is 28.9 Å². The lowest BCUT2D eigenvalue weighted by atomic mass is 10.00. The minimum Gasteiger partial charge on any atom is -0.291 e. The lowest BCUT2D eigenvalue weighted by molar-refractivity contribution is 0.955. The van der Waals surface area contributed by atoms with Gasteiger partial charge in [0.25, 0.3) is 0 Å². The summed E-state index contributed by atoms with van der Waals surface area (Å²) >= 11 is 0. The molecule has 0 bridgehead atoms. The maximum atomic E-state index is 5.55. The van der Waals surface area contributed by atoms with E-state index in [4.69, 9.17) is 19.9 Å². The van der Waals surface area contributed by atoms with Crippen LogP contribution in [0.5, 0.6) is 0 Å². The first-order valence-corrected chi connectivity index (χ1v) is 20.2. The van der Waals surface area contributed by atoms with Gasteiger partial charge in [-0.05, 0) is 28.6 Å². The van der Waals surface area contributed by atoms with Gasteiger partial charge in [-0.1, -0.05) is 194 Å². The van der Waals surface area contributed by atoms with Gasteiger partial charge in [-0.3, -0.25) is 8.97 Å². The summed E-state index contributed by atoms with van der Waals surface area (Å²) in [7, 11) is 0. The summed E-state index contributed by atoms with van der Waals surface area (Å²) in [6, 6.07) is 72.0. The molecule has 0 aliphatic heterocycles. The van der Waals surface area contributed by atoms with Gasteiger partial charge in [0.15, 0.2) is 11.6 Å². The molecule has 0 fully saturated rings. The average Bonchev–Trinajstić information content (AvgIpc) is 3.90. The third-order valence-electron chi connectivity index (χ3n) is 11.6. The van der Waals surface area contributed by atoms with E-state index in [0.717, 1.165) is 88.3 Å². The first kappa shape index (κ1) is 33.9. The second kappa shape index (κ2) is 13.7. The molecule has 8 aromatic carbocycles. The van der Waals surface area contributed by atoms with Crippen molar-refractivity contribution in [3.8, 4) is 62.5 Å². The van der Waals surface area contributed by atoms with Crippen molar-refractivity contribution in [2.24, 2.45) is 0 Å². The Hall–Kier alpha value is -8.22. The van der Waals surface area contributed by atoms with Crippen LogP contribution in [0.4, 0.5) is 0 Å². The van der Waals surface area contributed by atoms with Gasteiger partial charge >= 0.3 is 0 Å². The van der Waals surface area contributed by atoms with Gasteiger partial charge < -0.3 is 0 Å². The van der Waals surface area contributed by atoms with Gasteiger partial charge in [-0.15, -0.1) is 0 Å². The van der Waals surface area contributed by atoms with Crippen molar-refractivity contribution in [2.45, 2.75) is 0 Å². The number of para-hydroxylation sites is 1. The molecular formula is C54H34N6. The second-order valence-corrected chi connectivity index (χ2v) is 15.0. The van der Waals surface area contributed by atoms with Crippen LogP contribution < -0.4 is 0 Å². The Morgan fingerprint density at radius 3 is 1.42 bits per heavy atom. The number of hydrogen-bond acceptors (Lipinski definition) is 4. The largest absolute Gasteiger partial charge is 0.291 e. The van der Waals surface area contributed by atoms with Crippen molar-refractivity contribution in [3.63, 3.8) is 0 Å². The van der Waals surface area contributed by atoms with Gasteiger partial charge in [0.05, 0.1) is 27.8 Å². The van der Waals surface area contributed by atoms with Crippen molar-refractivity contribution < 1.29 is 0 Å². The summed E-state index contributed by atoms with van der Waals surface area (Å²) in [6.45, 7) is 0. The van der Waals surface area contributed by atoms with Crippen molar-refractivity contribution >= 4 is 49.0 Å². The van der Waals surface area contributed by atoms with Gasteiger partial charge in [0.2, 0.25) is 5.95 Å². The minimum absolute atomic E-state index is 0.554. The number of pyridine rings is 1. The predicted molar refractivity (Wildman–Crippen MR) is 245 cm³/mol. The van der Waals surface area contributed by atoms with Crippen LogP contribution in [0.2, 0.25) is 0 Å². The van der Waals surface area contributed by atoms with Gasteiger partial charge in [-0.2, -0.15) is 9.97 Å². The maximum Gasteiger partial charge on any atom is 0.238 e. The van der Waals surface area contributed by atoms with Crippen LogP contribution in [0.1, 0.15) is 0 Å². The Labute approximate surface area is 345 Å². The fourth-order valence-corrected chi connectivity index (χ4v) is 8.85. The first-order chi connectivity index (χ1) is 29.8. The number of fused-ring (bicyclic) bond motifs is 10. The number of nitrogens with zero attached hydrogens (tertiary/aromatic N) is 6. The topological polar surface area (TPSA) is 60.9 Å². The summed E-state index contributed by atoms with van der Waals surface area (Å²) in [4.78, 5) is 21.2. The van der Waals surface area contributed by atoms with Gasteiger partial charge in [-0.25, -0.2) is 9.97 Å². The fraction of sp³-hybridized carbons (Fsp3) is 0. The van der Waals surface area contributed by atoms with Crippen LogP contribution in [0.25, 0.3) is 111 Å². The number of rotatable bonds is 6. The monoisotopic (exact) mass is 766 g/mol. The minimum atomic E-state index is 0.554. The summed E-state index contributed by atoms with van der Waals surface area (Å²) in [5.74, 6) is 2.65. The molecule has 0 radical (unpaired) electrons. The highest BCUT2D eigenvalue weighted by atomic mass is 15.2. The molecule has 0 N–H and O–H groups in total. The molecule has 0 saturated carbocycles. The van der Waals surface area contributed by atoms with Crippen LogP contribution in [0.15, 0.2) is 206 Å². The van der Waals surface area contributed by atoms with Crippen molar-refractivity contribution in [3.05, 3.63) is 206 Å². The summed E-state index contributed by atoms with van der Waals surface area (Å²) in [6.07, 6.45) is 0. The van der Waals surface area contributed by atoms with E-state index in [-0.39, 0.29) is 0 Å². The average molecular weight is 767 g/mol. The van der Waals surface area contributed by atoms with Crippen molar-refractivity contribution in [1.29, 1.82) is 0 Å². The van der Waals surface area contributed by atoms with E-state index in [2.05, 4.69) is 179 Å². The molecule has 0 aliphatic rings. The summed E-state index contributed by atoms with van der Waals surface area (Å²) in [5, 5.41) is 5.56. The third-order valence-corrected chi connectivity index (χ3v) is 11.6. The molecule has 0 aliphatic carbocycles. The highest BCUT2D eigenvalue weighted by Crippen LogP contribution is 2.44. The van der Waals surface area contributed by atoms with Crippen LogP contribution >= 0.6 is 0 Å². The van der Waals surface area contributed by atoms with E-state index in [1.54, 1.807) is 0 Å². The quantitative estimate of drug-likeness (QED) is 0.158. The fourth-order valence-electron chi connectivity index (χ4n) is 8.85. The second-order valence-electron chi connectivity index (χ2n) is 15.0. The maximum absolute atomic E-state index is 5.55. The molecule has 12 aromatic rings. The number of hydrogen-bond donors (Lipinski definition) is 0. The molecule has 4 heterocycles. The van der Waals surface area contributed by atoms with Crippen LogP contribution in [0, 0.1) is 0 Å². The highest BCUT2D eigenvalue weighted by molar-refractivity contribution is 6.27. The first-order valence-electron chi connectivity index (χ1n) is 20.2. The highest BCUT2D eigenvalue weighted by Gasteiger charge is 2.25. The lowest BCUT2D eigenvalue weighted by Gasteiger charge is -2.15. The molecule has 0 spiro atoms. The van der Waals surface area contributed by atoms with Gasteiger partial charge in [0.1, 0.15) is 5.82 Å². The Kier molecular flexibility index (Phi) is 7.74. The zero-order valence-corrected chi connectivity index (χ0v) is 32.3. The van der Waals surface area contributed by atoms with E-state index < -0.39 is 0 Å². The Morgan fingerprint density at radius 2 is 0.783 bits per heavy atom. The Bertz CT molecular complexity index is 3500. The predicted octanol–water partition coefficient (Wildman–Crippen LogP) is 13.3. The zero-order valence-electron chi connectivity index (χ0n) is 32.3. The standard InChI is InChI=1S/C54H34N6/c1-5-17-35(18-6-1)36-29-31-40(32-30-36)53-55-48(37-19-7-2-8-20-37)50-43-27-14-13-26-42(43)47-46(59(50)53)34-33-44-41-25-15-16-28-45(41)60(49(44)47)54-57-51(38-21-9-3-10-22-38)56-52(58-54)39-23-11-4-12-24-39/h1-34H. The molecule has 280 valence electrons. The number of benzene rings is 8. The van der Waals surface area contributed by atoms with Crippen LogP contribution in [0.3, 0.4) is 0 Å². The van der Waals surface area contributed by atoms with Crippen LogP contribution in [-0.2, 0) is 0 Å². The molecular weight excluding hydrogens is 733 g/mol. The molecule has 6 heteroatoms. The van der Waals surface area contributed by atoms with E-state index in [0.29, 0.717) is 17.6 Å². The van der Waals surface area contributed by atoms with E-state index in [1.165, 1.54) is 5.56 Å². The molecule has 4 aromatic heterocycles. The molecule has 0 unspecified atom stereocenters. The van der Waals surface area contributed by atoms with E-state index >= 15 is 0 Å². The molecule has 0 saturated heterocycles. The molecule has 6 nitrogen and oxygen atoms in total. The van der Waals surface area contributed by atoms with E-state index in [1.807, 2.05) is 36.4 Å². The van der Waals surface area contributed by atoms with E-state index in [9.17, 15) is 0 Å². The van der Waals surface area contributed by atoms with Gasteiger partial charge in [0, 0.05) is 43.8 Å². The van der Waals surface area contributed by atoms with Crippen molar-refractivity contribution in [1.82, 2.24) is 28.9 Å². The normalized spacial score (nSPS) is 11.7. The summed E-state index contributed by atoms with van der Waals surface area (Å²) in [5.41, 5.74) is 11.4. The molecule has 0 amide bonds. The Balaban J connectivity index is 1.23. The molecule has 0 atom stereocenters. The molecule has 60 heavy (non-hydrogen) atoms.